The first kappa shape index (κ1) is 12.6. The first-order valence-corrected chi connectivity index (χ1v) is 6.66. The van der Waals surface area contributed by atoms with Crippen LogP contribution in [0.5, 0.6) is 0 Å². The zero-order chi connectivity index (χ0) is 13.8. The van der Waals surface area contributed by atoms with E-state index in [4.69, 9.17) is 16.6 Å². The van der Waals surface area contributed by atoms with Gasteiger partial charge in [-0.1, -0.05) is 42.5 Å². The van der Waals surface area contributed by atoms with E-state index in [1.807, 2.05) is 41.0 Å². The highest BCUT2D eigenvalue weighted by atomic mass is 32.1. The molecule has 3 rings (SSSR count). The van der Waals surface area contributed by atoms with E-state index in [9.17, 15) is 0 Å². The Morgan fingerprint density at radius 3 is 2.80 bits per heavy atom. The largest absolute Gasteiger partial charge is 0.461 e. The molecular weight excluding hydrogens is 270 g/mol. The molecule has 3 aromatic rings. The summed E-state index contributed by atoms with van der Waals surface area (Å²) in [6.07, 6.45) is 5.73. The number of hydrogen-bond donors (Lipinski definition) is 1. The predicted octanol–water partition coefficient (Wildman–Crippen LogP) is 3.91. The average molecular weight is 283 g/mol. The van der Waals surface area contributed by atoms with Gasteiger partial charge in [-0.2, -0.15) is 5.10 Å². The lowest BCUT2D eigenvalue weighted by Gasteiger charge is -2.00. The molecule has 4 nitrogen and oxygen atoms in total. The molecule has 2 aromatic heterocycles. The van der Waals surface area contributed by atoms with Crippen LogP contribution in [-0.4, -0.2) is 14.8 Å². The number of H-pyrrole nitrogens is 1. The molecule has 0 saturated heterocycles. The molecule has 5 heteroatoms. The topological polar surface area (TPSA) is 46.8 Å². The van der Waals surface area contributed by atoms with E-state index in [0.29, 0.717) is 22.9 Å². The van der Waals surface area contributed by atoms with Crippen molar-refractivity contribution in [2.75, 3.05) is 0 Å². The molecule has 1 N–H and O–H groups in total. The summed E-state index contributed by atoms with van der Waals surface area (Å²) in [6, 6.07) is 13.8. The summed E-state index contributed by atoms with van der Waals surface area (Å²) < 4.78 is 7.84. The standard InChI is InChI=1S/C15H13N3OS/c20-15-17-16-14(13-9-5-11-19-13)18(15)10-4-8-12-6-2-1-3-7-12/h1-9,11H,10H2,(H,17,20)/b8-4+. The lowest BCUT2D eigenvalue weighted by Crippen LogP contribution is -1.98. The summed E-state index contributed by atoms with van der Waals surface area (Å²) in [5.41, 5.74) is 1.15. The molecule has 0 aliphatic rings. The Kier molecular flexibility index (Phi) is 3.60. The van der Waals surface area contributed by atoms with Crippen LogP contribution in [0, 0.1) is 4.77 Å². The monoisotopic (exact) mass is 283 g/mol. The number of aromatic nitrogens is 3. The van der Waals surface area contributed by atoms with E-state index >= 15 is 0 Å². The van der Waals surface area contributed by atoms with Gasteiger partial charge >= 0.3 is 0 Å². The van der Waals surface area contributed by atoms with Crippen LogP contribution in [0.15, 0.2) is 59.2 Å². The van der Waals surface area contributed by atoms with E-state index in [1.54, 1.807) is 6.26 Å². The van der Waals surface area contributed by atoms with Crippen molar-refractivity contribution in [3.05, 3.63) is 65.1 Å². The number of rotatable bonds is 4. The first-order valence-electron chi connectivity index (χ1n) is 6.25. The van der Waals surface area contributed by atoms with Gasteiger partial charge in [-0.15, -0.1) is 0 Å². The molecule has 2 heterocycles. The summed E-state index contributed by atoms with van der Waals surface area (Å²) in [5, 5.41) is 7.00. The third-order valence-electron chi connectivity index (χ3n) is 2.90. The molecule has 20 heavy (non-hydrogen) atoms. The number of nitrogens with zero attached hydrogens (tertiary/aromatic N) is 2. The molecule has 0 spiro atoms. The van der Waals surface area contributed by atoms with Crippen LogP contribution >= 0.6 is 12.2 Å². The van der Waals surface area contributed by atoms with Crippen molar-refractivity contribution in [2.24, 2.45) is 0 Å². The molecule has 0 aliphatic heterocycles. The van der Waals surface area contributed by atoms with Crippen molar-refractivity contribution >= 4 is 18.3 Å². The van der Waals surface area contributed by atoms with E-state index in [1.165, 1.54) is 0 Å². The van der Waals surface area contributed by atoms with Crippen LogP contribution in [0.4, 0.5) is 0 Å². The van der Waals surface area contributed by atoms with Crippen molar-refractivity contribution in [2.45, 2.75) is 6.54 Å². The van der Waals surface area contributed by atoms with Crippen molar-refractivity contribution in [3.63, 3.8) is 0 Å². The maximum absolute atomic E-state index is 5.36. The Morgan fingerprint density at radius 1 is 1.20 bits per heavy atom. The van der Waals surface area contributed by atoms with Crippen LogP contribution in [-0.2, 0) is 6.54 Å². The Labute approximate surface area is 121 Å². The third kappa shape index (κ3) is 2.62. The van der Waals surface area contributed by atoms with Gasteiger partial charge < -0.3 is 4.42 Å². The second kappa shape index (κ2) is 5.71. The van der Waals surface area contributed by atoms with E-state index in [2.05, 4.69) is 28.4 Å². The average Bonchev–Trinajstić information content (AvgIpc) is 3.11. The Balaban J connectivity index is 1.83. The number of aromatic amines is 1. The highest BCUT2D eigenvalue weighted by Gasteiger charge is 2.09. The third-order valence-corrected chi connectivity index (χ3v) is 3.21. The van der Waals surface area contributed by atoms with Crippen LogP contribution in [0.25, 0.3) is 17.7 Å². The predicted molar refractivity (Wildman–Crippen MR) is 80.6 cm³/mol. The second-order valence-corrected chi connectivity index (χ2v) is 4.64. The molecule has 0 unspecified atom stereocenters. The molecule has 0 saturated carbocycles. The smallest absolute Gasteiger partial charge is 0.198 e. The minimum absolute atomic E-state index is 0.578. The van der Waals surface area contributed by atoms with Crippen molar-refractivity contribution in [1.29, 1.82) is 0 Å². The molecule has 0 fully saturated rings. The minimum atomic E-state index is 0.578. The molecule has 100 valence electrons. The second-order valence-electron chi connectivity index (χ2n) is 4.25. The highest BCUT2D eigenvalue weighted by molar-refractivity contribution is 7.71. The zero-order valence-electron chi connectivity index (χ0n) is 10.7. The number of benzene rings is 1. The van der Waals surface area contributed by atoms with Gasteiger partial charge in [-0.3, -0.25) is 9.67 Å². The van der Waals surface area contributed by atoms with Gasteiger partial charge in [0.1, 0.15) is 0 Å². The number of nitrogens with one attached hydrogen (secondary N) is 1. The summed E-state index contributed by atoms with van der Waals surface area (Å²) in [6.45, 7) is 0.639. The quantitative estimate of drug-likeness (QED) is 0.738. The lowest BCUT2D eigenvalue weighted by atomic mass is 10.2. The van der Waals surface area contributed by atoms with Gasteiger partial charge in [0.25, 0.3) is 0 Å². The van der Waals surface area contributed by atoms with Crippen LogP contribution in [0.3, 0.4) is 0 Å². The fourth-order valence-corrected chi connectivity index (χ4v) is 2.15. The van der Waals surface area contributed by atoms with Crippen molar-refractivity contribution in [1.82, 2.24) is 14.8 Å². The van der Waals surface area contributed by atoms with Crippen LogP contribution in [0.1, 0.15) is 5.56 Å². The molecule has 0 amide bonds. The Hall–Kier alpha value is -2.40. The van der Waals surface area contributed by atoms with Crippen molar-refractivity contribution in [3.8, 4) is 11.6 Å². The number of allylic oxidation sites excluding steroid dienone is 1. The summed E-state index contributed by atoms with van der Waals surface area (Å²) in [4.78, 5) is 0. The zero-order valence-corrected chi connectivity index (χ0v) is 11.5. The summed E-state index contributed by atoms with van der Waals surface area (Å²) >= 11 is 5.25. The molecular formula is C15H13N3OS. The van der Waals surface area contributed by atoms with Gasteiger partial charge in [0.05, 0.1) is 6.26 Å². The lowest BCUT2D eigenvalue weighted by molar-refractivity contribution is 0.572. The van der Waals surface area contributed by atoms with Gasteiger partial charge in [-0.05, 0) is 29.9 Å². The van der Waals surface area contributed by atoms with Gasteiger partial charge in [0.15, 0.2) is 16.4 Å². The van der Waals surface area contributed by atoms with Crippen molar-refractivity contribution < 1.29 is 4.42 Å². The fraction of sp³-hybridized carbons (Fsp3) is 0.0667. The molecule has 0 atom stereocenters. The minimum Gasteiger partial charge on any atom is -0.461 e. The fourth-order valence-electron chi connectivity index (χ4n) is 1.94. The summed E-state index contributed by atoms with van der Waals surface area (Å²) in [7, 11) is 0. The van der Waals surface area contributed by atoms with E-state index in [0.717, 1.165) is 5.56 Å². The van der Waals surface area contributed by atoms with E-state index < -0.39 is 0 Å². The number of furan rings is 1. The van der Waals surface area contributed by atoms with Gasteiger partial charge in [0.2, 0.25) is 0 Å². The maximum atomic E-state index is 5.36. The molecule has 1 aromatic carbocycles. The maximum Gasteiger partial charge on any atom is 0.198 e. The SMILES string of the molecule is S=c1[nH]nc(-c2ccco2)n1C/C=C/c1ccccc1. The molecule has 0 radical (unpaired) electrons. The van der Waals surface area contributed by atoms with E-state index in [-0.39, 0.29) is 0 Å². The number of hydrogen-bond acceptors (Lipinski definition) is 3. The summed E-state index contributed by atoms with van der Waals surface area (Å²) in [5.74, 6) is 1.41. The molecule has 0 bridgehead atoms. The van der Waals surface area contributed by atoms with Crippen LogP contribution < -0.4 is 0 Å². The Morgan fingerprint density at radius 2 is 2.05 bits per heavy atom. The Bertz CT molecular complexity index is 754. The first-order chi connectivity index (χ1) is 9.84. The highest BCUT2D eigenvalue weighted by Crippen LogP contribution is 2.17. The van der Waals surface area contributed by atoms with Gasteiger partial charge in [-0.25, -0.2) is 0 Å². The van der Waals surface area contributed by atoms with Crippen LogP contribution in [0.2, 0.25) is 0 Å². The normalized spacial score (nSPS) is 11.2. The van der Waals surface area contributed by atoms with Gasteiger partial charge in [0, 0.05) is 6.54 Å². The molecule has 0 aliphatic carbocycles.